The molecule has 1 fully saturated rings. The molecule has 20 heteroatoms. The number of halogens is 1. The number of nitrogens with one attached hydrogen (secondary N) is 1. The van der Waals surface area contributed by atoms with Crippen molar-refractivity contribution in [3.8, 4) is 0 Å². The fourth-order valence-electron chi connectivity index (χ4n) is 1.74. The standard InChI is InChI=1S/C8H14IN2O14P3/c12-5-3-9(11-2-1-7(13)10-8(11)14)23-6(5)4-22-27(18,19)25-28(20,21)24-26(15,16)17/h1-2,5-6,12H,3-4H2,(H,18,19)(H,20,21)(H,10,13,14)(H2,15,16,17)/t5-,6+/m0/s1. The molecular weight excluding hydrogens is 568 g/mol. The number of alkyl halides is 1. The number of phosphoric acid groups is 3. The van der Waals surface area contributed by atoms with E-state index in [0.29, 0.717) is 0 Å². The third-order valence-electron chi connectivity index (χ3n) is 2.74. The van der Waals surface area contributed by atoms with Gasteiger partial charge in [-0.15, -0.1) is 0 Å². The summed E-state index contributed by atoms with van der Waals surface area (Å²) in [5, 5.41) is 9.95. The van der Waals surface area contributed by atoms with Crippen LogP contribution in [0.25, 0.3) is 0 Å². The number of hydrogen-bond donors (Lipinski definition) is 6. The Morgan fingerprint density at radius 1 is 1.18 bits per heavy atom. The van der Waals surface area contributed by atoms with Crippen LogP contribution >= 0.6 is 44.0 Å². The molecular formula is C8H14IN2O14P3. The first-order valence-corrected chi connectivity index (χ1v) is 14.7. The van der Waals surface area contributed by atoms with Gasteiger partial charge in [0.1, 0.15) is 0 Å². The van der Waals surface area contributed by atoms with Crippen molar-refractivity contribution in [2.75, 3.05) is 11.0 Å². The Balaban J connectivity index is 1.99. The Morgan fingerprint density at radius 3 is 2.39 bits per heavy atom. The molecule has 0 bridgehead atoms. The van der Waals surface area contributed by atoms with E-state index in [2.05, 4.69) is 13.1 Å². The molecule has 0 aromatic carbocycles. The van der Waals surface area contributed by atoms with Gasteiger partial charge in [0.25, 0.3) is 0 Å². The average molecular weight is 582 g/mol. The molecule has 16 nitrogen and oxygen atoms in total. The van der Waals surface area contributed by atoms with Crippen molar-refractivity contribution >= 4 is 44.0 Å². The van der Waals surface area contributed by atoms with Crippen molar-refractivity contribution in [1.29, 1.82) is 0 Å². The topological polar surface area (TPSA) is 244 Å². The Morgan fingerprint density at radius 2 is 1.82 bits per heavy atom. The van der Waals surface area contributed by atoms with Crippen LogP contribution in [-0.2, 0) is 29.9 Å². The number of H-pyrrole nitrogens is 1. The van der Waals surface area contributed by atoms with Crippen LogP contribution in [0.3, 0.4) is 0 Å². The van der Waals surface area contributed by atoms with Gasteiger partial charge < -0.3 is 0 Å². The van der Waals surface area contributed by atoms with Crippen LogP contribution in [0, 0.1) is 0 Å². The van der Waals surface area contributed by atoms with Gasteiger partial charge >= 0.3 is 163 Å². The van der Waals surface area contributed by atoms with Gasteiger partial charge in [-0.3, -0.25) is 0 Å². The van der Waals surface area contributed by atoms with E-state index in [4.69, 9.17) is 17.7 Å². The first-order valence-electron chi connectivity index (χ1n) is 6.80. The van der Waals surface area contributed by atoms with Crippen molar-refractivity contribution in [3.63, 3.8) is 0 Å². The van der Waals surface area contributed by atoms with Gasteiger partial charge in [-0.05, 0) is 0 Å². The number of phosphoric ester groups is 1. The van der Waals surface area contributed by atoms with E-state index in [9.17, 15) is 33.3 Å². The summed E-state index contributed by atoms with van der Waals surface area (Å²) in [6.07, 6.45) is -1.30. The Kier molecular flexibility index (Phi) is 7.59. The fourth-order valence-corrected chi connectivity index (χ4v) is 9.35. The number of aromatic amines is 1. The maximum atomic E-state index is 11.7. The summed E-state index contributed by atoms with van der Waals surface area (Å²) < 4.78 is 51.4. The molecule has 1 aromatic heterocycles. The second kappa shape index (κ2) is 8.85. The number of rotatable bonds is 8. The van der Waals surface area contributed by atoms with Crippen LogP contribution < -0.4 is 11.2 Å². The molecule has 2 heterocycles. The molecule has 162 valence electrons. The van der Waals surface area contributed by atoms with Crippen LogP contribution in [0.4, 0.5) is 0 Å². The summed E-state index contributed by atoms with van der Waals surface area (Å²) in [4.78, 5) is 60.1. The van der Waals surface area contributed by atoms with E-state index >= 15 is 0 Å². The summed E-state index contributed by atoms with van der Waals surface area (Å²) in [7, 11) is -16.5. The predicted octanol–water partition coefficient (Wildman–Crippen LogP) is -1.18. The van der Waals surface area contributed by atoms with E-state index in [1.165, 1.54) is 6.20 Å². The van der Waals surface area contributed by atoms with Crippen LogP contribution in [0.5, 0.6) is 0 Å². The third kappa shape index (κ3) is 7.21. The van der Waals surface area contributed by atoms with E-state index in [0.717, 1.165) is 8.85 Å². The van der Waals surface area contributed by atoms with E-state index < -0.39 is 74.0 Å². The fraction of sp³-hybridized carbons (Fsp3) is 0.500. The summed E-state index contributed by atoms with van der Waals surface area (Å²) in [6.45, 7) is -0.836. The van der Waals surface area contributed by atoms with Crippen molar-refractivity contribution in [2.24, 2.45) is 0 Å². The zero-order valence-electron chi connectivity index (χ0n) is 13.3. The normalized spacial score (nSPS) is 26.0. The average Bonchev–Trinajstić information content (AvgIpc) is 2.82. The second-order valence-corrected chi connectivity index (χ2v) is 13.5. The molecule has 4 atom stereocenters. The van der Waals surface area contributed by atoms with E-state index in [1.807, 2.05) is 4.98 Å². The van der Waals surface area contributed by atoms with Crippen molar-refractivity contribution in [3.05, 3.63) is 33.1 Å². The van der Waals surface area contributed by atoms with Gasteiger partial charge in [0, 0.05) is 0 Å². The Bertz CT molecular complexity index is 970. The molecule has 0 saturated carbocycles. The molecule has 1 aromatic rings. The SMILES string of the molecule is O=c1ccn(I2C[C@H](O)[C@@H](COP(=O)(O)OP(=O)(O)OP(=O)(O)O)O2)c(=O)[nH]1. The molecule has 1 saturated heterocycles. The van der Waals surface area contributed by atoms with Gasteiger partial charge in [-0.1, -0.05) is 0 Å². The molecule has 2 rings (SSSR count). The summed E-state index contributed by atoms with van der Waals surface area (Å²) >= 11 is -2.81. The summed E-state index contributed by atoms with van der Waals surface area (Å²) in [6, 6.07) is 1.06. The van der Waals surface area contributed by atoms with E-state index in [-0.39, 0.29) is 4.43 Å². The molecule has 0 spiro atoms. The second-order valence-electron chi connectivity index (χ2n) is 4.95. The minimum atomic E-state index is -5.66. The number of hydrogen-bond acceptors (Lipinski definition) is 10. The zero-order chi connectivity index (χ0) is 21.3. The van der Waals surface area contributed by atoms with Crippen molar-refractivity contribution in [2.45, 2.75) is 12.2 Å². The molecule has 0 aliphatic carbocycles. The minimum absolute atomic E-state index is 0.0136. The first-order chi connectivity index (χ1) is 12.7. The molecule has 0 radical (unpaired) electrons. The quantitative estimate of drug-likeness (QED) is 0.120. The van der Waals surface area contributed by atoms with Crippen molar-refractivity contribution < 1.29 is 54.6 Å². The number of aliphatic hydroxyl groups is 1. The van der Waals surface area contributed by atoms with E-state index in [1.54, 1.807) is 0 Å². The van der Waals surface area contributed by atoms with Crippen LogP contribution in [0.15, 0.2) is 21.9 Å². The third-order valence-corrected chi connectivity index (χ3v) is 11.4. The Hall–Kier alpha value is -0.260. The van der Waals surface area contributed by atoms with Crippen LogP contribution in [0.2, 0.25) is 0 Å². The van der Waals surface area contributed by atoms with Gasteiger partial charge in [0.15, 0.2) is 0 Å². The predicted molar refractivity (Wildman–Crippen MR) is 96.3 cm³/mol. The van der Waals surface area contributed by atoms with Gasteiger partial charge in [-0.2, -0.15) is 0 Å². The van der Waals surface area contributed by atoms with Crippen LogP contribution in [0.1, 0.15) is 0 Å². The van der Waals surface area contributed by atoms with Crippen LogP contribution in [-0.4, -0.2) is 55.7 Å². The van der Waals surface area contributed by atoms with Crippen molar-refractivity contribution in [1.82, 2.24) is 7.76 Å². The summed E-state index contributed by atoms with van der Waals surface area (Å²) in [5.74, 6) is 0. The number of aliphatic hydroxyl groups excluding tert-OH is 1. The molecule has 6 N–H and O–H groups in total. The Labute approximate surface area is 162 Å². The molecule has 1 aliphatic heterocycles. The maximum absolute atomic E-state index is 11.7. The first kappa shape index (κ1) is 24.0. The van der Waals surface area contributed by atoms with Gasteiger partial charge in [0.05, 0.1) is 0 Å². The molecule has 0 amide bonds. The summed E-state index contributed by atoms with van der Waals surface area (Å²) in [5.41, 5.74) is -1.40. The number of aromatic nitrogens is 2. The number of nitrogens with zero attached hydrogens (tertiary/aromatic N) is 1. The monoisotopic (exact) mass is 582 g/mol. The van der Waals surface area contributed by atoms with Gasteiger partial charge in [0.2, 0.25) is 0 Å². The molecule has 2 unspecified atom stereocenters. The zero-order valence-corrected chi connectivity index (χ0v) is 18.1. The molecule has 1 aliphatic rings. The molecule has 28 heavy (non-hydrogen) atoms. The van der Waals surface area contributed by atoms with Gasteiger partial charge in [-0.25, -0.2) is 0 Å².